The highest BCUT2D eigenvalue weighted by atomic mass is 14.9. The summed E-state index contributed by atoms with van der Waals surface area (Å²) in [6.07, 6.45) is 8.28. The Bertz CT molecular complexity index is 425. The molecule has 0 aliphatic carbocycles. The van der Waals surface area contributed by atoms with Crippen LogP contribution in [0.2, 0.25) is 0 Å². The number of hydrogen-bond donors (Lipinski definition) is 1. The van der Waals surface area contributed by atoms with Crippen LogP contribution < -0.4 is 5.73 Å². The minimum Gasteiger partial charge on any atom is -0.318 e. The van der Waals surface area contributed by atoms with Crippen LogP contribution in [0.15, 0.2) is 31.1 Å². The first-order valence-corrected chi connectivity index (χ1v) is 4.56. The van der Waals surface area contributed by atoms with Gasteiger partial charge in [0.15, 0.2) is 0 Å². The zero-order valence-electron chi connectivity index (χ0n) is 8.33. The predicted octanol–water partition coefficient (Wildman–Crippen LogP) is 0.623. The summed E-state index contributed by atoms with van der Waals surface area (Å²) in [6, 6.07) is -0.369. The van der Waals surface area contributed by atoms with Crippen molar-refractivity contribution in [1.29, 1.82) is 0 Å². The fraction of sp³-hybridized carbons (Fsp3) is 0.200. The zero-order valence-corrected chi connectivity index (χ0v) is 8.33. The van der Waals surface area contributed by atoms with Crippen LogP contribution in [-0.2, 0) is 0 Å². The van der Waals surface area contributed by atoms with Gasteiger partial charge in [-0.15, -0.1) is 0 Å². The van der Waals surface area contributed by atoms with Gasteiger partial charge in [0.1, 0.15) is 12.2 Å². The van der Waals surface area contributed by atoms with Gasteiger partial charge >= 0.3 is 0 Å². The third-order valence-electron chi connectivity index (χ3n) is 2.02. The van der Waals surface area contributed by atoms with Crippen LogP contribution in [0.3, 0.4) is 0 Å². The van der Waals surface area contributed by atoms with Crippen LogP contribution in [0.25, 0.3) is 0 Å². The first kappa shape index (κ1) is 9.67. The van der Waals surface area contributed by atoms with Crippen LogP contribution in [0.4, 0.5) is 0 Å². The van der Waals surface area contributed by atoms with Crippen LogP contribution in [0.5, 0.6) is 0 Å². The lowest BCUT2D eigenvalue weighted by atomic mass is 10.1. The van der Waals surface area contributed by atoms with Gasteiger partial charge in [-0.2, -0.15) is 0 Å². The molecule has 2 rings (SSSR count). The van der Waals surface area contributed by atoms with E-state index in [1.165, 1.54) is 6.33 Å². The number of nitrogens with zero attached hydrogens (tertiary/aromatic N) is 4. The van der Waals surface area contributed by atoms with Crippen molar-refractivity contribution in [2.75, 3.05) is 0 Å². The third-order valence-corrected chi connectivity index (χ3v) is 2.02. The fourth-order valence-corrected chi connectivity index (χ4v) is 1.18. The number of hydrogen-bond acceptors (Lipinski definition) is 5. The Hall–Kier alpha value is -1.88. The summed E-state index contributed by atoms with van der Waals surface area (Å²) in [7, 11) is 0. The fourth-order valence-electron chi connectivity index (χ4n) is 1.18. The second-order valence-corrected chi connectivity index (χ2v) is 3.27. The first-order chi connectivity index (χ1) is 7.27. The smallest absolute Gasteiger partial charge is 0.149 e. The molecule has 0 aliphatic heterocycles. The topological polar surface area (TPSA) is 77.6 Å². The van der Waals surface area contributed by atoms with Crippen LogP contribution >= 0.6 is 0 Å². The number of aryl methyl sites for hydroxylation is 1. The number of aromatic nitrogens is 4. The maximum absolute atomic E-state index is 5.96. The molecule has 5 heteroatoms. The van der Waals surface area contributed by atoms with Crippen molar-refractivity contribution < 1.29 is 0 Å². The van der Waals surface area contributed by atoms with Gasteiger partial charge in [0.05, 0.1) is 6.04 Å². The number of rotatable bonds is 2. The molecule has 0 radical (unpaired) electrons. The van der Waals surface area contributed by atoms with Gasteiger partial charge in [-0.1, -0.05) is 0 Å². The predicted molar refractivity (Wildman–Crippen MR) is 54.8 cm³/mol. The second kappa shape index (κ2) is 4.10. The van der Waals surface area contributed by atoms with Crippen molar-refractivity contribution in [2.24, 2.45) is 5.73 Å². The summed E-state index contributed by atoms with van der Waals surface area (Å²) in [6.45, 7) is 1.93. The Morgan fingerprint density at radius 2 is 1.67 bits per heavy atom. The summed E-state index contributed by atoms with van der Waals surface area (Å²) in [5.74, 6) is 0.579. The van der Waals surface area contributed by atoms with E-state index in [2.05, 4.69) is 19.9 Å². The quantitative estimate of drug-likeness (QED) is 0.770. The SMILES string of the molecule is Cc1cnc(C(N)c2cncnc2)nc1. The molecule has 2 N–H and O–H groups in total. The molecule has 2 heterocycles. The Morgan fingerprint density at radius 1 is 1.07 bits per heavy atom. The molecule has 0 aliphatic rings. The van der Waals surface area contributed by atoms with Gasteiger partial charge in [0.2, 0.25) is 0 Å². The molecule has 2 aromatic heterocycles. The monoisotopic (exact) mass is 201 g/mol. The van der Waals surface area contributed by atoms with Crippen molar-refractivity contribution >= 4 is 0 Å². The van der Waals surface area contributed by atoms with Crippen LogP contribution in [0, 0.1) is 6.92 Å². The van der Waals surface area contributed by atoms with Crippen molar-refractivity contribution in [3.8, 4) is 0 Å². The van der Waals surface area contributed by atoms with E-state index in [4.69, 9.17) is 5.73 Å². The summed E-state index contributed by atoms with van der Waals surface area (Å²) in [5.41, 5.74) is 7.78. The highest BCUT2D eigenvalue weighted by molar-refractivity contribution is 5.18. The molecule has 0 saturated carbocycles. The highest BCUT2D eigenvalue weighted by Gasteiger charge is 2.11. The van der Waals surface area contributed by atoms with E-state index in [1.54, 1.807) is 24.8 Å². The Balaban J connectivity index is 2.29. The van der Waals surface area contributed by atoms with Gasteiger partial charge < -0.3 is 5.73 Å². The maximum Gasteiger partial charge on any atom is 0.149 e. The molecule has 76 valence electrons. The molecule has 0 spiro atoms. The molecular weight excluding hydrogens is 190 g/mol. The zero-order chi connectivity index (χ0) is 10.7. The van der Waals surface area contributed by atoms with Crippen molar-refractivity contribution in [3.63, 3.8) is 0 Å². The minimum atomic E-state index is -0.369. The summed E-state index contributed by atoms with van der Waals surface area (Å²) in [5, 5.41) is 0. The lowest BCUT2D eigenvalue weighted by Crippen LogP contribution is -2.15. The molecule has 0 bridgehead atoms. The molecule has 0 saturated heterocycles. The molecule has 1 unspecified atom stereocenters. The lowest BCUT2D eigenvalue weighted by molar-refractivity contribution is 0.767. The molecule has 1 atom stereocenters. The van der Waals surface area contributed by atoms with E-state index in [1.807, 2.05) is 6.92 Å². The Kier molecular flexibility index (Phi) is 2.64. The average Bonchev–Trinajstić information content (AvgIpc) is 2.30. The molecule has 0 aromatic carbocycles. The average molecular weight is 201 g/mol. The normalized spacial score (nSPS) is 12.4. The maximum atomic E-state index is 5.96. The van der Waals surface area contributed by atoms with E-state index in [9.17, 15) is 0 Å². The van der Waals surface area contributed by atoms with Crippen LogP contribution in [-0.4, -0.2) is 19.9 Å². The molecule has 2 aromatic rings. The van der Waals surface area contributed by atoms with Crippen molar-refractivity contribution in [2.45, 2.75) is 13.0 Å². The van der Waals surface area contributed by atoms with E-state index >= 15 is 0 Å². The van der Waals surface area contributed by atoms with E-state index in [-0.39, 0.29) is 6.04 Å². The highest BCUT2D eigenvalue weighted by Crippen LogP contribution is 2.13. The molecule has 0 amide bonds. The first-order valence-electron chi connectivity index (χ1n) is 4.56. The lowest BCUT2D eigenvalue weighted by Gasteiger charge is -2.08. The molecule has 15 heavy (non-hydrogen) atoms. The minimum absolute atomic E-state index is 0.369. The summed E-state index contributed by atoms with van der Waals surface area (Å²) >= 11 is 0. The van der Waals surface area contributed by atoms with Crippen molar-refractivity contribution in [3.05, 3.63) is 48.1 Å². The van der Waals surface area contributed by atoms with E-state index < -0.39 is 0 Å². The molecule has 0 fully saturated rings. The Labute approximate surface area is 87.4 Å². The number of nitrogens with two attached hydrogens (primary N) is 1. The van der Waals surface area contributed by atoms with Crippen LogP contribution in [0.1, 0.15) is 23.0 Å². The second-order valence-electron chi connectivity index (χ2n) is 3.27. The molecule has 5 nitrogen and oxygen atoms in total. The van der Waals surface area contributed by atoms with E-state index in [0.717, 1.165) is 11.1 Å². The van der Waals surface area contributed by atoms with Gasteiger partial charge in [-0.25, -0.2) is 19.9 Å². The summed E-state index contributed by atoms with van der Waals surface area (Å²) < 4.78 is 0. The molecular formula is C10H11N5. The van der Waals surface area contributed by atoms with Gasteiger partial charge in [0.25, 0.3) is 0 Å². The third kappa shape index (κ3) is 2.13. The van der Waals surface area contributed by atoms with E-state index in [0.29, 0.717) is 5.82 Å². The van der Waals surface area contributed by atoms with Gasteiger partial charge in [-0.3, -0.25) is 0 Å². The largest absolute Gasteiger partial charge is 0.318 e. The van der Waals surface area contributed by atoms with Gasteiger partial charge in [0, 0.05) is 30.4 Å². The van der Waals surface area contributed by atoms with Gasteiger partial charge in [-0.05, 0) is 12.5 Å². The Morgan fingerprint density at radius 3 is 2.27 bits per heavy atom. The standard InChI is InChI=1S/C10H11N5/c1-7-2-14-10(15-3-7)9(11)8-4-12-6-13-5-8/h2-6,9H,11H2,1H3. The summed E-state index contributed by atoms with van der Waals surface area (Å²) in [4.78, 5) is 16.1. The van der Waals surface area contributed by atoms with Crippen molar-refractivity contribution in [1.82, 2.24) is 19.9 Å².